The number of aldehydes is 1. The highest BCUT2D eigenvalue weighted by Gasteiger charge is 2.16. The Morgan fingerprint density at radius 2 is 2.40 bits per heavy atom. The molecule has 4 nitrogen and oxygen atoms in total. The third-order valence-electron chi connectivity index (χ3n) is 2.48. The Balaban J connectivity index is 2.23. The Labute approximate surface area is 87.9 Å². The van der Waals surface area contributed by atoms with Gasteiger partial charge in [0.1, 0.15) is 5.75 Å². The molecule has 0 saturated carbocycles. The number of aromatic hydroxyl groups is 1. The van der Waals surface area contributed by atoms with E-state index in [0.717, 1.165) is 18.7 Å². The Morgan fingerprint density at radius 3 is 3.07 bits per heavy atom. The summed E-state index contributed by atoms with van der Waals surface area (Å²) in [7, 11) is 0. The average Bonchev–Trinajstić information content (AvgIpc) is 2.31. The molecule has 1 unspecified atom stereocenters. The summed E-state index contributed by atoms with van der Waals surface area (Å²) in [5.74, 6) is 0.0116. The average molecular weight is 207 g/mol. The highest BCUT2D eigenvalue weighted by atomic mass is 16.5. The fourth-order valence-electron chi connectivity index (χ4n) is 1.65. The number of phenolic OH excluding ortho intramolecular Hbond substituents is 1. The van der Waals surface area contributed by atoms with Crippen LogP contribution in [0.1, 0.15) is 22.0 Å². The fourth-order valence-corrected chi connectivity index (χ4v) is 1.65. The molecule has 1 atom stereocenters. The van der Waals surface area contributed by atoms with Crippen LogP contribution in [0.2, 0.25) is 0 Å². The first-order chi connectivity index (χ1) is 7.31. The van der Waals surface area contributed by atoms with Crippen LogP contribution in [0.4, 0.5) is 0 Å². The number of hydrogen-bond acceptors (Lipinski definition) is 4. The summed E-state index contributed by atoms with van der Waals surface area (Å²) in [6.07, 6.45) is 0.618. The molecule has 1 aromatic rings. The summed E-state index contributed by atoms with van der Waals surface area (Å²) < 4.78 is 5.54. The molecule has 1 saturated heterocycles. The Bertz CT molecular complexity index is 359. The van der Waals surface area contributed by atoms with Crippen molar-refractivity contribution in [1.82, 2.24) is 5.32 Å². The molecule has 4 heteroatoms. The molecule has 1 heterocycles. The van der Waals surface area contributed by atoms with E-state index in [1.165, 1.54) is 6.07 Å². The minimum Gasteiger partial charge on any atom is -0.507 e. The first-order valence-corrected chi connectivity index (χ1v) is 4.91. The zero-order valence-electron chi connectivity index (χ0n) is 8.27. The van der Waals surface area contributed by atoms with Gasteiger partial charge in [0.05, 0.1) is 18.3 Å². The van der Waals surface area contributed by atoms with Crippen LogP contribution in [0.25, 0.3) is 0 Å². The van der Waals surface area contributed by atoms with E-state index in [1.54, 1.807) is 12.1 Å². The normalized spacial score (nSPS) is 21.2. The van der Waals surface area contributed by atoms with E-state index >= 15 is 0 Å². The zero-order valence-corrected chi connectivity index (χ0v) is 8.27. The van der Waals surface area contributed by atoms with Gasteiger partial charge in [-0.25, -0.2) is 0 Å². The molecule has 0 spiro atoms. The van der Waals surface area contributed by atoms with E-state index in [4.69, 9.17) is 4.74 Å². The molecular weight excluding hydrogens is 194 g/mol. The van der Waals surface area contributed by atoms with E-state index in [1.807, 2.05) is 0 Å². The van der Waals surface area contributed by atoms with Crippen LogP contribution in [-0.4, -0.2) is 31.1 Å². The second-order valence-corrected chi connectivity index (χ2v) is 3.50. The second-order valence-electron chi connectivity index (χ2n) is 3.50. The first kappa shape index (κ1) is 10.1. The van der Waals surface area contributed by atoms with Gasteiger partial charge in [-0.15, -0.1) is 0 Å². The molecule has 1 aliphatic rings. The predicted molar refractivity (Wildman–Crippen MR) is 55.1 cm³/mol. The molecular formula is C11H13NO3. The molecule has 0 amide bonds. The third kappa shape index (κ3) is 2.16. The van der Waals surface area contributed by atoms with Crippen molar-refractivity contribution in [2.24, 2.45) is 0 Å². The molecule has 0 aromatic heterocycles. The van der Waals surface area contributed by atoms with Gasteiger partial charge in [0.15, 0.2) is 6.29 Å². The number of benzene rings is 1. The molecule has 1 aromatic carbocycles. The number of morpholine rings is 1. The number of ether oxygens (including phenoxy) is 1. The van der Waals surface area contributed by atoms with Crippen molar-refractivity contribution in [1.29, 1.82) is 0 Å². The molecule has 0 radical (unpaired) electrons. The van der Waals surface area contributed by atoms with Gasteiger partial charge < -0.3 is 15.2 Å². The molecule has 0 aliphatic carbocycles. The van der Waals surface area contributed by atoms with Crippen molar-refractivity contribution in [3.8, 4) is 5.75 Å². The van der Waals surface area contributed by atoms with Crippen LogP contribution >= 0.6 is 0 Å². The standard InChI is InChI=1S/C11H13NO3/c13-7-9-5-8(1-2-10(9)14)11-6-12-3-4-15-11/h1-2,5,7,11-12,14H,3-4,6H2. The number of carbonyl (C=O) groups excluding carboxylic acids is 1. The van der Waals surface area contributed by atoms with Crippen molar-refractivity contribution in [2.75, 3.05) is 19.7 Å². The molecule has 15 heavy (non-hydrogen) atoms. The lowest BCUT2D eigenvalue weighted by Crippen LogP contribution is -2.33. The Kier molecular flexibility index (Phi) is 2.99. The summed E-state index contributed by atoms with van der Waals surface area (Å²) in [6.45, 7) is 2.26. The van der Waals surface area contributed by atoms with Gasteiger partial charge in [0, 0.05) is 13.1 Å². The highest BCUT2D eigenvalue weighted by molar-refractivity contribution is 5.79. The minimum absolute atomic E-state index is 0.0116. The van der Waals surface area contributed by atoms with Crippen LogP contribution in [0.5, 0.6) is 5.75 Å². The molecule has 1 aliphatic heterocycles. The molecule has 2 rings (SSSR count). The van der Waals surface area contributed by atoms with E-state index in [-0.39, 0.29) is 11.9 Å². The summed E-state index contributed by atoms with van der Waals surface area (Å²) in [5.41, 5.74) is 1.23. The van der Waals surface area contributed by atoms with Crippen molar-refractivity contribution < 1.29 is 14.6 Å². The molecule has 0 bridgehead atoms. The van der Waals surface area contributed by atoms with Gasteiger partial charge in [-0.3, -0.25) is 4.79 Å². The summed E-state index contributed by atoms with van der Waals surface area (Å²) in [6, 6.07) is 4.97. The van der Waals surface area contributed by atoms with Crippen LogP contribution in [0, 0.1) is 0 Å². The minimum atomic E-state index is -0.0296. The maximum atomic E-state index is 10.6. The fraction of sp³-hybridized carbons (Fsp3) is 0.364. The van der Waals surface area contributed by atoms with Crippen LogP contribution < -0.4 is 5.32 Å². The van der Waals surface area contributed by atoms with Gasteiger partial charge in [0.25, 0.3) is 0 Å². The largest absolute Gasteiger partial charge is 0.507 e. The molecule has 80 valence electrons. The predicted octanol–water partition coefficient (Wildman–Crippen LogP) is 0.866. The van der Waals surface area contributed by atoms with E-state index in [0.29, 0.717) is 18.5 Å². The van der Waals surface area contributed by atoms with Crippen molar-refractivity contribution in [3.63, 3.8) is 0 Å². The van der Waals surface area contributed by atoms with Crippen LogP contribution in [0.15, 0.2) is 18.2 Å². The maximum Gasteiger partial charge on any atom is 0.153 e. The van der Waals surface area contributed by atoms with E-state index in [2.05, 4.69) is 5.32 Å². The first-order valence-electron chi connectivity index (χ1n) is 4.91. The molecule has 2 N–H and O–H groups in total. The van der Waals surface area contributed by atoms with Gasteiger partial charge >= 0.3 is 0 Å². The quantitative estimate of drug-likeness (QED) is 0.706. The van der Waals surface area contributed by atoms with E-state index in [9.17, 15) is 9.90 Å². The highest BCUT2D eigenvalue weighted by Crippen LogP contribution is 2.23. The van der Waals surface area contributed by atoms with Crippen molar-refractivity contribution in [2.45, 2.75) is 6.10 Å². The second kappa shape index (κ2) is 4.42. The smallest absolute Gasteiger partial charge is 0.153 e. The summed E-state index contributed by atoms with van der Waals surface area (Å²) >= 11 is 0. The lowest BCUT2D eigenvalue weighted by Gasteiger charge is -2.24. The number of carbonyl (C=O) groups is 1. The van der Waals surface area contributed by atoms with Crippen LogP contribution in [-0.2, 0) is 4.74 Å². The topological polar surface area (TPSA) is 58.6 Å². The van der Waals surface area contributed by atoms with Crippen molar-refractivity contribution in [3.05, 3.63) is 29.3 Å². The van der Waals surface area contributed by atoms with Gasteiger partial charge in [-0.2, -0.15) is 0 Å². The number of hydrogen-bond donors (Lipinski definition) is 2. The monoisotopic (exact) mass is 207 g/mol. The maximum absolute atomic E-state index is 10.6. The number of phenols is 1. The number of nitrogens with one attached hydrogen (secondary N) is 1. The third-order valence-corrected chi connectivity index (χ3v) is 2.48. The van der Waals surface area contributed by atoms with Crippen LogP contribution in [0.3, 0.4) is 0 Å². The zero-order chi connectivity index (χ0) is 10.7. The Hall–Kier alpha value is -1.39. The van der Waals surface area contributed by atoms with Gasteiger partial charge in [0.2, 0.25) is 0 Å². The van der Waals surface area contributed by atoms with Crippen molar-refractivity contribution >= 4 is 6.29 Å². The van der Waals surface area contributed by atoms with E-state index < -0.39 is 0 Å². The number of rotatable bonds is 2. The van der Waals surface area contributed by atoms with Gasteiger partial charge in [-0.1, -0.05) is 6.07 Å². The summed E-state index contributed by atoms with van der Waals surface area (Å²) in [5, 5.41) is 12.6. The molecule has 1 fully saturated rings. The lowest BCUT2D eigenvalue weighted by molar-refractivity contribution is 0.0276. The Morgan fingerprint density at radius 1 is 1.53 bits per heavy atom. The summed E-state index contributed by atoms with van der Waals surface area (Å²) in [4.78, 5) is 10.6. The lowest BCUT2D eigenvalue weighted by atomic mass is 10.0. The SMILES string of the molecule is O=Cc1cc(C2CNCCO2)ccc1O. The van der Waals surface area contributed by atoms with Gasteiger partial charge in [-0.05, 0) is 17.7 Å².